The summed E-state index contributed by atoms with van der Waals surface area (Å²) in [6.45, 7) is 4.88. The summed E-state index contributed by atoms with van der Waals surface area (Å²) in [7, 11) is 1.70. The van der Waals surface area contributed by atoms with E-state index in [9.17, 15) is 4.79 Å². The summed E-state index contributed by atoms with van der Waals surface area (Å²) in [5.41, 5.74) is 1.04. The number of carbonyl (C=O) groups excluding carboxylic acids is 1. The topological polar surface area (TPSA) is 41.6 Å². The highest BCUT2D eigenvalue weighted by molar-refractivity contribution is 5.86. The van der Waals surface area contributed by atoms with Gasteiger partial charge in [-0.15, -0.1) is 0 Å². The number of benzene rings is 1. The molecule has 20 heavy (non-hydrogen) atoms. The Morgan fingerprint density at radius 1 is 1.35 bits per heavy atom. The largest absolute Gasteiger partial charge is 0.385 e. The van der Waals surface area contributed by atoms with E-state index in [1.54, 1.807) is 7.11 Å². The van der Waals surface area contributed by atoms with Gasteiger partial charge in [-0.3, -0.25) is 10.1 Å². The van der Waals surface area contributed by atoms with E-state index in [0.29, 0.717) is 6.61 Å². The average molecular weight is 276 g/mol. The van der Waals surface area contributed by atoms with Gasteiger partial charge in [0.15, 0.2) is 0 Å². The first kappa shape index (κ1) is 15.0. The van der Waals surface area contributed by atoms with E-state index in [4.69, 9.17) is 4.74 Å². The van der Waals surface area contributed by atoms with Gasteiger partial charge in [0.25, 0.3) is 0 Å². The van der Waals surface area contributed by atoms with Crippen LogP contribution in [-0.2, 0) is 9.53 Å². The van der Waals surface area contributed by atoms with Crippen molar-refractivity contribution in [1.82, 2.24) is 10.2 Å². The van der Waals surface area contributed by atoms with Crippen molar-refractivity contribution >= 4 is 5.91 Å². The third-order valence-corrected chi connectivity index (χ3v) is 3.93. The number of nitrogens with one attached hydrogen (secondary N) is 1. The van der Waals surface area contributed by atoms with Crippen LogP contribution >= 0.6 is 0 Å². The van der Waals surface area contributed by atoms with E-state index in [-0.39, 0.29) is 24.2 Å². The van der Waals surface area contributed by atoms with Crippen LogP contribution in [0.3, 0.4) is 0 Å². The lowest BCUT2D eigenvalue weighted by molar-refractivity contribution is -0.132. The van der Waals surface area contributed by atoms with Gasteiger partial charge in [0.2, 0.25) is 5.91 Å². The van der Waals surface area contributed by atoms with Crippen molar-refractivity contribution in [2.45, 2.75) is 44.9 Å². The second-order valence-corrected chi connectivity index (χ2v) is 5.31. The molecular weight excluding hydrogens is 252 g/mol. The van der Waals surface area contributed by atoms with Crippen molar-refractivity contribution in [2.24, 2.45) is 0 Å². The van der Waals surface area contributed by atoms with Crippen LogP contribution in [-0.4, -0.2) is 36.7 Å². The number of methoxy groups -OCH3 is 1. The predicted octanol–water partition coefficient (Wildman–Crippen LogP) is 2.32. The zero-order valence-electron chi connectivity index (χ0n) is 12.5. The van der Waals surface area contributed by atoms with E-state index in [2.05, 4.69) is 19.2 Å². The van der Waals surface area contributed by atoms with Gasteiger partial charge in [0, 0.05) is 19.8 Å². The highest BCUT2D eigenvalue weighted by Crippen LogP contribution is 2.27. The summed E-state index contributed by atoms with van der Waals surface area (Å²) >= 11 is 0. The zero-order chi connectivity index (χ0) is 14.5. The highest BCUT2D eigenvalue weighted by atomic mass is 16.5. The van der Waals surface area contributed by atoms with Crippen LogP contribution in [0.5, 0.6) is 0 Å². The Balaban J connectivity index is 2.15. The Labute approximate surface area is 121 Å². The SMILES string of the molecule is CCC1NC(c2ccccc2)C(=O)N1C(C)CCOC. The molecule has 1 fully saturated rings. The smallest absolute Gasteiger partial charge is 0.245 e. The molecule has 4 heteroatoms. The van der Waals surface area contributed by atoms with Crippen LogP contribution < -0.4 is 5.32 Å². The Morgan fingerprint density at radius 3 is 2.65 bits per heavy atom. The number of hydrogen-bond acceptors (Lipinski definition) is 3. The Kier molecular flexibility index (Phi) is 5.15. The quantitative estimate of drug-likeness (QED) is 0.867. The molecule has 2 rings (SSSR count). The molecule has 0 aliphatic carbocycles. The first-order chi connectivity index (χ1) is 9.69. The van der Waals surface area contributed by atoms with E-state index in [1.807, 2.05) is 35.2 Å². The maximum Gasteiger partial charge on any atom is 0.245 e. The summed E-state index contributed by atoms with van der Waals surface area (Å²) in [5.74, 6) is 0.173. The molecule has 1 amide bonds. The van der Waals surface area contributed by atoms with Crippen LogP contribution in [0.2, 0.25) is 0 Å². The molecular formula is C16H24N2O2. The molecule has 1 N–H and O–H groups in total. The van der Waals surface area contributed by atoms with Gasteiger partial charge < -0.3 is 9.64 Å². The fourth-order valence-corrected chi connectivity index (χ4v) is 2.80. The van der Waals surface area contributed by atoms with Gasteiger partial charge in [-0.1, -0.05) is 37.3 Å². The first-order valence-corrected chi connectivity index (χ1v) is 7.31. The van der Waals surface area contributed by atoms with Crippen molar-refractivity contribution in [3.8, 4) is 0 Å². The van der Waals surface area contributed by atoms with Gasteiger partial charge in [0.1, 0.15) is 6.04 Å². The van der Waals surface area contributed by atoms with E-state index >= 15 is 0 Å². The van der Waals surface area contributed by atoms with Gasteiger partial charge in [-0.25, -0.2) is 0 Å². The van der Waals surface area contributed by atoms with Gasteiger partial charge in [-0.2, -0.15) is 0 Å². The number of ether oxygens (including phenoxy) is 1. The third-order valence-electron chi connectivity index (χ3n) is 3.93. The lowest BCUT2D eigenvalue weighted by atomic mass is 10.1. The summed E-state index contributed by atoms with van der Waals surface area (Å²) < 4.78 is 5.13. The maximum atomic E-state index is 12.7. The lowest BCUT2D eigenvalue weighted by Gasteiger charge is -2.29. The highest BCUT2D eigenvalue weighted by Gasteiger charge is 2.40. The third kappa shape index (κ3) is 3.02. The van der Waals surface area contributed by atoms with Crippen LogP contribution in [0, 0.1) is 0 Å². The lowest BCUT2D eigenvalue weighted by Crippen LogP contribution is -2.43. The van der Waals surface area contributed by atoms with E-state index in [1.165, 1.54) is 0 Å². The molecule has 1 aliphatic heterocycles. The molecule has 0 saturated carbocycles. The number of rotatable bonds is 6. The fourth-order valence-electron chi connectivity index (χ4n) is 2.80. The molecule has 1 heterocycles. The molecule has 0 spiro atoms. The Morgan fingerprint density at radius 2 is 2.05 bits per heavy atom. The molecule has 0 radical (unpaired) electrons. The predicted molar refractivity (Wildman–Crippen MR) is 79.2 cm³/mol. The number of nitrogens with zero attached hydrogens (tertiary/aromatic N) is 1. The van der Waals surface area contributed by atoms with Crippen molar-refractivity contribution < 1.29 is 9.53 Å². The Hall–Kier alpha value is -1.39. The van der Waals surface area contributed by atoms with Crippen molar-refractivity contribution in [1.29, 1.82) is 0 Å². The summed E-state index contributed by atoms with van der Waals surface area (Å²) in [5, 5.41) is 3.45. The van der Waals surface area contributed by atoms with Crippen LogP contribution in [0.15, 0.2) is 30.3 Å². The van der Waals surface area contributed by atoms with Crippen molar-refractivity contribution in [2.75, 3.05) is 13.7 Å². The van der Waals surface area contributed by atoms with Crippen molar-refractivity contribution in [3.63, 3.8) is 0 Å². The first-order valence-electron chi connectivity index (χ1n) is 7.31. The molecule has 3 atom stereocenters. The van der Waals surface area contributed by atoms with Gasteiger partial charge in [-0.05, 0) is 25.3 Å². The number of hydrogen-bond donors (Lipinski definition) is 1. The standard InChI is InChI=1S/C16H24N2O2/c1-4-14-17-15(13-8-6-5-7-9-13)16(19)18(14)12(2)10-11-20-3/h5-9,12,14-15,17H,4,10-11H2,1-3H3. The number of carbonyl (C=O) groups is 1. The second-order valence-electron chi connectivity index (χ2n) is 5.31. The van der Waals surface area contributed by atoms with E-state index < -0.39 is 0 Å². The summed E-state index contributed by atoms with van der Waals surface area (Å²) in [6.07, 6.45) is 1.88. The fraction of sp³-hybridized carbons (Fsp3) is 0.562. The van der Waals surface area contributed by atoms with E-state index in [0.717, 1.165) is 18.4 Å². The molecule has 4 nitrogen and oxygen atoms in total. The normalized spacial score (nSPS) is 24.1. The number of amides is 1. The second kappa shape index (κ2) is 6.86. The minimum absolute atomic E-state index is 0.111. The molecule has 1 aromatic carbocycles. The molecule has 0 aromatic heterocycles. The van der Waals surface area contributed by atoms with Gasteiger partial charge in [0.05, 0.1) is 6.17 Å². The monoisotopic (exact) mass is 276 g/mol. The molecule has 1 aromatic rings. The molecule has 3 unspecified atom stereocenters. The molecule has 0 bridgehead atoms. The minimum Gasteiger partial charge on any atom is -0.385 e. The van der Waals surface area contributed by atoms with Crippen LogP contribution in [0.4, 0.5) is 0 Å². The Bertz CT molecular complexity index is 435. The average Bonchev–Trinajstić information content (AvgIpc) is 2.82. The van der Waals surface area contributed by atoms with Gasteiger partial charge >= 0.3 is 0 Å². The molecule has 1 saturated heterocycles. The maximum absolute atomic E-state index is 12.7. The van der Waals surface area contributed by atoms with Crippen LogP contribution in [0.1, 0.15) is 38.3 Å². The summed E-state index contributed by atoms with van der Waals surface area (Å²) in [4.78, 5) is 14.7. The zero-order valence-corrected chi connectivity index (χ0v) is 12.5. The molecule has 110 valence electrons. The minimum atomic E-state index is -0.217. The van der Waals surface area contributed by atoms with Crippen LogP contribution in [0.25, 0.3) is 0 Å². The van der Waals surface area contributed by atoms with Crippen molar-refractivity contribution in [3.05, 3.63) is 35.9 Å². The summed E-state index contributed by atoms with van der Waals surface area (Å²) in [6, 6.07) is 9.90. The molecule has 1 aliphatic rings.